The minimum atomic E-state index is -0.223. The van der Waals surface area contributed by atoms with Gasteiger partial charge in [-0.1, -0.05) is 40.2 Å². The van der Waals surface area contributed by atoms with Crippen LogP contribution in [0.2, 0.25) is 0 Å². The van der Waals surface area contributed by atoms with Crippen LogP contribution >= 0.6 is 15.9 Å². The van der Waals surface area contributed by atoms with E-state index in [9.17, 15) is 4.79 Å². The average Bonchev–Trinajstić information content (AvgIpc) is 3.06. The molecule has 4 nitrogen and oxygen atoms in total. The topological polar surface area (TPSA) is 44.4 Å². The van der Waals surface area contributed by atoms with E-state index >= 15 is 0 Å². The van der Waals surface area contributed by atoms with E-state index in [1.165, 1.54) is 5.56 Å². The van der Waals surface area contributed by atoms with Gasteiger partial charge in [0.05, 0.1) is 0 Å². The summed E-state index contributed by atoms with van der Waals surface area (Å²) in [4.78, 5) is 14.8. The molecule has 1 aliphatic heterocycles. The molecule has 2 aromatic rings. The third kappa shape index (κ3) is 3.69. The molecule has 1 amide bonds. The number of aryl methyl sites for hydroxylation is 1. The van der Waals surface area contributed by atoms with Crippen LogP contribution in [0.3, 0.4) is 0 Å². The molecule has 2 N–H and O–H groups in total. The van der Waals surface area contributed by atoms with Crippen molar-refractivity contribution in [3.8, 4) is 0 Å². The number of nitrogens with zero attached hydrogens (tertiary/aromatic N) is 1. The lowest BCUT2D eigenvalue weighted by atomic mass is 10.0. The zero-order valence-corrected chi connectivity index (χ0v) is 15.5. The molecule has 2 aromatic carbocycles. The van der Waals surface area contributed by atoms with Gasteiger partial charge in [-0.05, 0) is 55.7 Å². The van der Waals surface area contributed by atoms with Gasteiger partial charge in [-0.25, -0.2) is 10.9 Å². The second-order valence-corrected chi connectivity index (χ2v) is 7.02. The zero-order chi connectivity index (χ0) is 17.1. The zero-order valence-electron chi connectivity index (χ0n) is 13.9. The van der Waals surface area contributed by atoms with Gasteiger partial charge in [0.25, 0.3) is 0 Å². The molecule has 24 heavy (non-hydrogen) atoms. The Hall–Kier alpha value is -1.69. The third-order valence-corrected chi connectivity index (χ3v) is 4.90. The van der Waals surface area contributed by atoms with Gasteiger partial charge >= 0.3 is 0 Å². The molecular weight excluding hydrogens is 366 g/mol. The number of amides is 1. The average molecular weight is 388 g/mol. The van der Waals surface area contributed by atoms with Crippen LogP contribution in [0.4, 0.5) is 5.69 Å². The number of carbonyl (C=O) groups is 1. The summed E-state index contributed by atoms with van der Waals surface area (Å²) >= 11 is 3.45. The van der Waals surface area contributed by atoms with Gasteiger partial charge in [-0.2, -0.15) is 0 Å². The summed E-state index contributed by atoms with van der Waals surface area (Å²) in [6.45, 7) is 4.71. The van der Waals surface area contributed by atoms with E-state index < -0.39 is 0 Å². The van der Waals surface area contributed by atoms with E-state index in [2.05, 4.69) is 45.0 Å². The van der Waals surface area contributed by atoms with Crippen LogP contribution in [0.15, 0.2) is 53.0 Å². The van der Waals surface area contributed by atoms with Crippen molar-refractivity contribution in [3.63, 3.8) is 0 Å². The minimum absolute atomic E-state index is 0.107. The fourth-order valence-electron chi connectivity index (χ4n) is 3.08. The van der Waals surface area contributed by atoms with Crippen LogP contribution in [0.5, 0.6) is 0 Å². The Morgan fingerprint density at radius 3 is 2.62 bits per heavy atom. The van der Waals surface area contributed by atoms with Crippen molar-refractivity contribution in [2.45, 2.75) is 32.4 Å². The molecule has 0 spiro atoms. The summed E-state index contributed by atoms with van der Waals surface area (Å²) in [5.74, 6) is 0.107. The molecule has 5 heteroatoms. The Labute approximate surface area is 151 Å². The fourth-order valence-corrected chi connectivity index (χ4v) is 3.35. The van der Waals surface area contributed by atoms with Crippen LogP contribution in [-0.2, 0) is 4.79 Å². The van der Waals surface area contributed by atoms with Crippen molar-refractivity contribution in [1.29, 1.82) is 0 Å². The van der Waals surface area contributed by atoms with Crippen molar-refractivity contribution in [2.75, 3.05) is 11.4 Å². The number of likely N-dealkylation sites (N-methyl/N-ethyl adjacent to an activating group) is 1. The van der Waals surface area contributed by atoms with Gasteiger partial charge in [0.1, 0.15) is 6.04 Å². The highest BCUT2D eigenvalue weighted by atomic mass is 79.9. The Kier molecular flexibility index (Phi) is 5.33. The smallest absolute Gasteiger partial charge is 0.245 e. The first-order chi connectivity index (χ1) is 11.6. The van der Waals surface area contributed by atoms with Crippen LogP contribution < -0.4 is 15.8 Å². The number of hydrogen-bond acceptors (Lipinski definition) is 3. The van der Waals surface area contributed by atoms with Gasteiger partial charge < -0.3 is 4.90 Å². The number of hydrogen-bond donors (Lipinski definition) is 2. The van der Waals surface area contributed by atoms with Crippen molar-refractivity contribution in [2.24, 2.45) is 0 Å². The Morgan fingerprint density at radius 1 is 1.21 bits per heavy atom. The summed E-state index contributed by atoms with van der Waals surface area (Å²) in [6, 6.07) is 16.2. The number of anilines is 1. The molecule has 2 unspecified atom stereocenters. The highest BCUT2D eigenvalue weighted by molar-refractivity contribution is 9.10. The maximum Gasteiger partial charge on any atom is 0.245 e. The maximum atomic E-state index is 12.9. The molecule has 2 atom stereocenters. The maximum absolute atomic E-state index is 12.9. The summed E-state index contributed by atoms with van der Waals surface area (Å²) < 4.78 is 1.06. The molecule has 0 aromatic heterocycles. The second-order valence-electron chi connectivity index (χ2n) is 6.10. The van der Waals surface area contributed by atoms with Gasteiger partial charge in [0, 0.05) is 22.7 Å². The van der Waals surface area contributed by atoms with Crippen LogP contribution in [0.1, 0.15) is 30.5 Å². The molecule has 0 bridgehead atoms. The molecule has 1 heterocycles. The lowest BCUT2D eigenvalue weighted by Gasteiger charge is -2.24. The lowest BCUT2D eigenvalue weighted by Crippen LogP contribution is -2.45. The summed E-state index contributed by atoms with van der Waals surface area (Å²) in [6.07, 6.45) is 0.739. The second kappa shape index (κ2) is 7.47. The number of carbonyl (C=O) groups excluding carboxylic acids is 1. The Balaban J connectivity index is 1.72. The van der Waals surface area contributed by atoms with Gasteiger partial charge in [0.15, 0.2) is 0 Å². The van der Waals surface area contributed by atoms with E-state index in [1.807, 2.05) is 49.1 Å². The number of nitrogens with one attached hydrogen (secondary N) is 2. The van der Waals surface area contributed by atoms with E-state index in [4.69, 9.17) is 0 Å². The Bertz CT molecular complexity index is 717. The molecule has 0 saturated carbocycles. The third-order valence-electron chi connectivity index (χ3n) is 4.37. The molecule has 3 rings (SSSR count). The Morgan fingerprint density at radius 2 is 1.96 bits per heavy atom. The van der Waals surface area contributed by atoms with Crippen molar-refractivity contribution >= 4 is 27.5 Å². The summed E-state index contributed by atoms with van der Waals surface area (Å²) in [5, 5.41) is 0. The monoisotopic (exact) mass is 387 g/mol. The number of halogens is 1. The molecule has 0 aliphatic carbocycles. The standard InChI is InChI=1S/C19H22BrN3O/c1-3-23(16-6-4-5-13(2)11-16)19(24)18-12-17(21-22-18)14-7-9-15(20)10-8-14/h4-11,17-18,21-22H,3,12H2,1-2H3. The van der Waals surface area contributed by atoms with E-state index in [0.717, 1.165) is 22.1 Å². The molecule has 1 aliphatic rings. The van der Waals surface area contributed by atoms with Crippen molar-refractivity contribution < 1.29 is 4.79 Å². The first kappa shape index (κ1) is 17.1. The first-order valence-corrected chi connectivity index (χ1v) is 9.02. The highest BCUT2D eigenvalue weighted by Crippen LogP contribution is 2.26. The predicted molar refractivity (Wildman–Crippen MR) is 101 cm³/mol. The molecule has 0 radical (unpaired) electrons. The largest absolute Gasteiger partial charge is 0.311 e. The fraction of sp³-hybridized carbons (Fsp3) is 0.316. The van der Waals surface area contributed by atoms with Gasteiger partial charge in [-0.15, -0.1) is 0 Å². The van der Waals surface area contributed by atoms with Crippen LogP contribution in [0, 0.1) is 6.92 Å². The van der Waals surface area contributed by atoms with Gasteiger partial charge in [-0.3, -0.25) is 4.79 Å². The van der Waals surface area contributed by atoms with Crippen LogP contribution in [-0.4, -0.2) is 18.5 Å². The molecule has 126 valence electrons. The van der Waals surface area contributed by atoms with Crippen molar-refractivity contribution in [1.82, 2.24) is 10.9 Å². The van der Waals surface area contributed by atoms with Gasteiger partial charge in [0.2, 0.25) is 5.91 Å². The van der Waals surface area contributed by atoms with E-state index in [0.29, 0.717) is 6.54 Å². The first-order valence-electron chi connectivity index (χ1n) is 8.23. The summed E-state index contributed by atoms with van der Waals surface area (Å²) in [7, 11) is 0. The minimum Gasteiger partial charge on any atom is -0.311 e. The number of hydrazine groups is 1. The predicted octanol–water partition coefficient (Wildman–Crippen LogP) is 3.72. The van der Waals surface area contributed by atoms with E-state index in [1.54, 1.807) is 0 Å². The van der Waals surface area contributed by atoms with E-state index in [-0.39, 0.29) is 18.0 Å². The van der Waals surface area contributed by atoms with Crippen molar-refractivity contribution in [3.05, 3.63) is 64.1 Å². The number of rotatable bonds is 4. The molecule has 1 fully saturated rings. The van der Waals surface area contributed by atoms with Crippen LogP contribution in [0.25, 0.3) is 0 Å². The molecule has 1 saturated heterocycles. The molecular formula is C19H22BrN3O. The number of benzene rings is 2. The highest BCUT2D eigenvalue weighted by Gasteiger charge is 2.33. The normalized spacial score (nSPS) is 20.1. The quantitative estimate of drug-likeness (QED) is 0.839. The summed E-state index contributed by atoms with van der Waals surface area (Å²) in [5.41, 5.74) is 9.71. The SMILES string of the molecule is CCN(C(=O)C1CC(c2ccc(Br)cc2)NN1)c1cccc(C)c1. The lowest BCUT2D eigenvalue weighted by molar-refractivity contribution is -0.120.